The van der Waals surface area contributed by atoms with Gasteiger partial charge >= 0.3 is 21.7 Å². The van der Waals surface area contributed by atoms with Crippen molar-refractivity contribution in [1.29, 1.82) is 0 Å². The Morgan fingerprint density at radius 1 is 1.38 bits per heavy atom. The summed E-state index contributed by atoms with van der Waals surface area (Å²) in [6.07, 6.45) is 0.384. The molecule has 0 aromatic rings. The summed E-state index contributed by atoms with van der Waals surface area (Å²) < 4.78 is 0. The second-order valence-corrected chi connectivity index (χ2v) is 1.22. The molecule has 0 aromatic carbocycles. The van der Waals surface area contributed by atoms with Crippen LogP contribution < -0.4 is 29.9 Å². The molecule has 0 aliphatic carbocycles. The van der Waals surface area contributed by atoms with Crippen LogP contribution in [0.1, 0.15) is 20.3 Å². The standard InChI is InChI=1S/C4H9O.2ClH.Ti/c1-3-4(2)5;;;/h4H,3H2,1-2H3;2*1H;/q-1;;;+3/p-2/t4-;;;/m0.../s1. The Morgan fingerprint density at radius 2 is 1.50 bits per heavy atom. The predicted octanol–water partition coefficient (Wildman–Crippen LogP) is -5.85. The average Bonchev–Trinajstić information content (AvgIpc) is 1.38. The van der Waals surface area contributed by atoms with Crippen LogP contribution in [0.3, 0.4) is 0 Å². The molecule has 0 aliphatic heterocycles. The molecule has 0 aromatic heterocycles. The molecule has 0 saturated carbocycles. The maximum absolute atomic E-state index is 9.90. The van der Waals surface area contributed by atoms with Gasteiger partial charge in [0, 0.05) is 0 Å². The Kier molecular flexibility index (Phi) is 44.9. The number of hydrogen-bond donors (Lipinski definition) is 0. The first kappa shape index (κ1) is 22.8. The second-order valence-electron chi connectivity index (χ2n) is 1.22. The van der Waals surface area contributed by atoms with Crippen LogP contribution in [0.25, 0.3) is 0 Å². The van der Waals surface area contributed by atoms with Crippen LogP contribution in [0.15, 0.2) is 0 Å². The van der Waals surface area contributed by atoms with Gasteiger partial charge in [-0.25, -0.2) is 0 Å². The van der Waals surface area contributed by atoms with Crippen LogP contribution in [0.2, 0.25) is 0 Å². The minimum absolute atomic E-state index is 0. The molecule has 0 aliphatic rings. The fraction of sp³-hybridized carbons (Fsp3) is 1.00. The van der Waals surface area contributed by atoms with Crippen molar-refractivity contribution in [3.8, 4) is 0 Å². The molecule has 0 rings (SSSR count). The van der Waals surface area contributed by atoms with Gasteiger partial charge in [-0.05, 0) is 0 Å². The number of rotatable bonds is 1. The summed E-state index contributed by atoms with van der Waals surface area (Å²) in [6.45, 7) is 3.55. The zero-order valence-electron chi connectivity index (χ0n) is 4.95. The molecule has 4 heteroatoms. The minimum atomic E-state index is -0.366. The van der Waals surface area contributed by atoms with E-state index in [1.165, 1.54) is 0 Å². The minimum Gasteiger partial charge on any atom is -1.00 e. The fourth-order valence-corrected chi connectivity index (χ4v) is 0. The Labute approximate surface area is 77.9 Å². The molecular formula is C4H9Cl2OTi. The zero-order valence-corrected chi connectivity index (χ0v) is 8.02. The van der Waals surface area contributed by atoms with Crippen molar-refractivity contribution in [1.82, 2.24) is 0 Å². The molecule has 0 spiro atoms. The molecule has 1 nitrogen and oxygen atoms in total. The molecule has 8 heavy (non-hydrogen) atoms. The van der Waals surface area contributed by atoms with Gasteiger partial charge in [0.15, 0.2) is 0 Å². The van der Waals surface area contributed by atoms with Crippen LogP contribution in [0, 0.1) is 0 Å². The molecule has 49 valence electrons. The quantitative estimate of drug-likeness (QED) is 0.379. The van der Waals surface area contributed by atoms with Gasteiger partial charge in [0.2, 0.25) is 0 Å². The maximum atomic E-state index is 9.90. The van der Waals surface area contributed by atoms with Crippen LogP contribution in [-0.2, 0) is 21.7 Å². The first-order valence-corrected chi connectivity index (χ1v) is 1.93. The van der Waals surface area contributed by atoms with E-state index >= 15 is 0 Å². The molecule has 1 atom stereocenters. The van der Waals surface area contributed by atoms with E-state index in [1.807, 2.05) is 6.92 Å². The van der Waals surface area contributed by atoms with Crippen LogP contribution in [0.5, 0.6) is 0 Å². The van der Waals surface area contributed by atoms with Crippen molar-refractivity contribution in [2.24, 2.45) is 0 Å². The van der Waals surface area contributed by atoms with Gasteiger partial charge < -0.3 is 29.9 Å². The molecule has 0 unspecified atom stereocenters. The van der Waals surface area contributed by atoms with Gasteiger partial charge in [-0.1, -0.05) is 20.3 Å². The average molecular weight is 192 g/mol. The topological polar surface area (TPSA) is 23.1 Å². The molecule has 1 radical (unpaired) electrons. The van der Waals surface area contributed by atoms with E-state index in [0.29, 0.717) is 0 Å². The summed E-state index contributed by atoms with van der Waals surface area (Å²) in [5, 5.41) is 9.90. The van der Waals surface area contributed by atoms with Crippen molar-refractivity contribution >= 4 is 0 Å². The summed E-state index contributed by atoms with van der Waals surface area (Å²) in [6, 6.07) is 0. The van der Waals surface area contributed by atoms with Crippen molar-refractivity contribution in [3.63, 3.8) is 0 Å². The Bertz CT molecular complexity index is 28.0. The summed E-state index contributed by atoms with van der Waals surface area (Å²) in [7, 11) is 0. The molecule has 0 amide bonds. The summed E-state index contributed by atoms with van der Waals surface area (Å²) in [5.41, 5.74) is 0. The summed E-state index contributed by atoms with van der Waals surface area (Å²) in [5.74, 6) is 0. The fourth-order valence-electron chi connectivity index (χ4n) is 0. The third kappa shape index (κ3) is 26.8. The zero-order chi connectivity index (χ0) is 4.28. The summed E-state index contributed by atoms with van der Waals surface area (Å²) >= 11 is 0. The molecule has 0 fully saturated rings. The molecule has 0 saturated heterocycles. The van der Waals surface area contributed by atoms with Gasteiger partial charge in [-0.15, -0.1) is 6.10 Å². The van der Waals surface area contributed by atoms with Gasteiger partial charge in [-0.2, -0.15) is 0 Å². The van der Waals surface area contributed by atoms with E-state index in [-0.39, 0.29) is 52.6 Å². The smallest absolute Gasteiger partial charge is 1.00 e. The van der Waals surface area contributed by atoms with Gasteiger partial charge in [0.1, 0.15) is 0 Å². The van der Waals surface area contributed by atoms with Crippen molar-refractivity contribution in [2.75, 3.05) is 0 Å². The van der Waals surface area contributed by atoms with E-state index < -0.39 is 0 Å². The predicted molar refractivity (Wildman–Crippen MR) is 19.8 cm³/mol. The van der Waals surface area contributed by atoms with Crippen molar-refractivity contribution in [3.05, 3.63) is 0 Å². The van der Waals surface area contributed by atoms with E-state index in [9.17, 15) is 5.11 Å². The van der Waals surface area contributed by atoms with Gasteiger partial charge in [-0.3, -0.25) is 0 Å². The van der Waals surface area contributed by atoms with Gasteiger partial charge in [0.05, 0.1) is 0 Å². The largest absolute Gasteiger partial charge is 3.00 e. The van der Waals surface area contributed by atoms with E-state index in [1.54, 1.807) is 6.92 Å². The van der Waals surface area contributed by atoms with E-state index in [2.05, 4.69) is 0 Å². The Hall–Kier alpha value is 1.25. The van der Waals surface area contributed by atoms with Crippen molar-refractivity contribution < 1.29 is 51.6 Å². The van der Waals surface area contributed by atoms with E-state index in [4.69, 9.17) is 0 Å². The monoisotopic (exact) mass is 191 g/mol. The third-order valence-electron chi connectivity index (χ3n) is 0.575. The van der Waals surface area contributed by atoms with Crippen LogP contribution >= 0.6 is 0 Å². The first-order chi connectivity index (χ1) is 2.27. The number of halogens is 2. The Balaban J connectivity index is -0.0000000267. The SMILES string of the molecule is CC[C@H](C)[O-].[Cl-].[Cl-].[Ti+3]. The molecule has 0 heterocycles. The third-order valence-corrected chi connectivity index (χ3v) is 0.575. The van der Waals surface area contributed by atoms with Crippen molar-refractivity contribution in [2.45, 2.75) is 26.4 Å². The second kappa shape index (κ2) is 15.7. The first-order valence-electron chi connectivity index (χ1n) is 1.93. The molecular weight excluding hydrogens is 183 g/mol. The normalized spacial score (nSPS) is 9.38. The van der Waals surface area contributed by atoms with Crippen LogP contribution in [0.4, 0.5) is 0 Å². The maximum Gasteiger partial charge on any atom is 3.00 e. The Morgan fingerprint density at radius 3 is 1.50 bits per heavy atom. The summed E-state index contributed by atoms with van der Waals surface area (Å²) in [4.78, 5) is 0. The van der Waals surface area contributed by atoms with E-state index in [0.717, 1.165) is 6.42 Å². The van der Waals surface area contributed by atoms with Crippen LogP contribution in [-0.4, -0.2) is 6.10 Å². The van der Waals surface area contributed by atoms with Gasteiger partial charge in [0.25, 0.3) is 0 Å². The number of hydrogen-bond acceptors (Lipinski definition) is 1. The molecule has 0 bridgehead atoms. The molecule has 0 N–H and O–H groups in total.